The number of nitro benzene ring substituents is 1. The molecule has 2 amide bonds. The number of benzene rings is 3. The topological polar surface area (TPSA) is 183 Å². The van der Waals surface area contributed by atoms with Gasteiger partial charge in [0.25, 0.3) is 21.6 Å². The summed E-state index contributed by atoms with van der Waals surface area (Å²) >= 11 is 0. The van der Waals surface area contributed by atoms with Crippen LogP contribution in [-0.2, 0) is 29.1 Å². The van der Waals surface area contributed by atoms with E-state index in [9.17, 15) is 32.9 Å². The molecule has 0 radical (unpaired) electrons. The molecule has 0 fully saturated rings. The second-order valence-electron chi connectivity index (χ2n) is 8.31. The molecule has 216 valence electrons. The number of ether oxygens (including phenoxy) is 3. The Balaban J connectivity index is 1.50. The van der Waals surface area contributed by atoms with E-state index in [1.165, 1.54) is 81.7 Å². The minimum absolute atomic E-state index is 0.0215. The molecule has 0 atom stereocenters. The van der Waals surface area contributed by atoms with E-state index in [2.05, 4.69) is 10.6 Å². The van der Waals surface area contributed by atoms with E-state index in [4.69, 9.17) is 14.2 Å². The van der Waals surface area contributed by atoms with Gasteiger partial charge >= 0.3 is 5.97 Å². The molecular formula is C26H26N4O10S. The number of hydrogen-bond acceptors (Lipinski definition) is 10. The molecule has 0 saturated carbocycles. The van der Waals surface area contributed by atoms with E-state index in [0.717, 1.165) is 10.4 Å². The molecule has 41 heavy (non-hydrogen) atoms. The minimum Gasteiger partial charge on any atom is -0.494 e. The van der Waals surface area contributed by atoms with E-state index < -0.39 is 40.0 Å². The maximum Gasteiger partial charge on any atom is 0.344 e. The van der Waals surface area contributed by atoms with Crippen LogP contribution in [-0.4, -0.2) is 58.5 Å². The van der Waals surface area contributed by atoms with E-state index in [1.807, 2.05) is 0 Å². The van der Waals surface area contributed by atoms with Crippen molar-refractivity contribution in [2.45, 2.75) is 11.8 Å². The Hall–Kier alpha value is -5.18. The highest BCUT2D eigenvalue weighted by Crippen LogP contribution is 2.29. The Labute approximate surface area is 235 Å². The summed E-state index contributed by atoms with van der Waals surface area (Å²) in [5.41, 5.74) is 0.720. The van der Waals surface area contributed by atoms with Crippen molar-refractivity contribution in [2.75, 3.05) is 42.3 Å². The number of methoxy groups -OCH3 is 1. The Kier molecular flexibility index (Phi) is 9.81. The molecule has 2 N–H and O–H groups in total. The average Bonchev–Trinajstić information content (AvgIpc) is 2.95. The lowest BCUT2D eigenvalue weighted by Crippen LogP contribution is -2.26. The zero-order valence-electron chi connectivity index (χ0n) is 22.2. The third kappa shape index (κ3) is 8.15. The molecule has 3 aromatic carbocycles. The highest BCUT2D eigenvalue weighted by Gasteiger charge is 2.21. The molecule has 15 heteroatoms. The first-order valence-electron chi connectivity index (χ1n) is 11.8. The predicted molar refractivity (Wildman–Crippen MR) is 148 cm³/mol. The molecule has 0 spiro atoms. The number of sulfonamides is 1. The largest absolute Gasteiger partial charge is 0.494 e. The number of esters is 1. The molecule has 0 heterocycles. The van der Waals surface area contributed by atoms with Crippen molar-refractivity contribution < 1.29 is 41.9 Å². The van der Waals surface area contributed by atoms with Crippen LogP contribution in [0.3, 0.4) is 0 Å². The quantitative estimate of drug-likeness (QED) is 0.182. The number of carbonyl (C=O) groups is 3. The van der Waals surface area contributed by atoms with Crippen molar-refractivity contribution in [3.63, 3.8) is 0 Å². The van der Waals surface area contributed by atoms with Crippen molar-refractivity contribution in [3.8, 4) is 11.5 Å². The zero-order chi connectivity index (χ0) is 30.2. The first-order valence-corrected chi connectivity index (χ1v) is 13.2. The first kappa shape index (κ1) is 30.4. The summed E-state index contributed by atoms with van der Waals surface area (Å²) in [4.78, 5) is 45.6. The van der Waals surface area contributed by atoms with Gasteiger partial charge in [-0.1, -0.05) is 0 Å². The summed E-state index contributed by atoms with van der Waals surface area (Å²) in [7, 11) is -1.24. The minimum atomic E-state index is -3.89. The van der Waals surface area contributed by atoms with Crippen LogP contribution in [0.25, 0.3) is 0 Å². The van der Waals surface area contributed by atoms with Crippen LogP contribution in [0.4, 0.5) is 22.7 Å². The fourth-order valence-electron chi connectivity index (χ4n) is 3.38. The Morgan fingerprint density at radius 2 is 1.61 bits per heavy atom. The SMILES string of the molecule is COc1cc([N+](=O)[O-])ccc1NC(=O)COC(=O)COc1ccc(N(C)S(=O)(=O)c2ccc(NC(C)=O)cc2)cc1. The lowest BCUT2D eigenvalue weighted by molar-refractivity contribution is -0.384. The van der Waals surface area contributed by atoms with Crippen LogP contribution in [0, 0.1) is 10.1 Å². The number of amides is 2. The van der Waals surface area contributed by atoms with Crippen LogP contribution in [0.1, 0.15) is 6.92 Å². The number of rotatable bonds is 12. The van der Waals surface area contributed by atoms with E-state index in [-0.39, 0.29) is 33.7 Å². The predicted octanol–water partition coefficient (Wildman–Crippen LogP) is 2.95. The summed E-state index contributed by atoms with van der Waals surface area (Å²) in [5.74, 6) is -1.52. The second kappa shape index (κ2) is 13.3. The molecule has 3 rings (SSSR count). The van der Waals surface area contributed by atoms with Gasteiger partial charge in [0.05, 0.1) is 34.4 Å². The van der Waals surface area contributed by atoms with Crippen LogP contribution in [0.5, 0.6) is 11.5 Å². The maximum absolute atomic E-state index is 13.0. The fourth-order valence-corrected chi connectivity index (χ4v) is 4.57. The summed E-state index contributed by atoms with van der Waals surface area (Å²) in [6.45, 7) is 0.176. The van der Waals surface area contributed by atoms with Gasteiger partial charge in [0.15, 0.2) is 13.2 Å². The highest BCUT2D eigenvalue weighted by atomic mass is 32.2. The molecule has 0 bridgehead atoms. The van der Waals surface area contributed by atoms with Crippen molar-refractivity contribution in [1.82, 2.24) is 0 Å². The highest BCUT2D eigenvalue weighted by molar-refractivity contribution is 7.92. The molecule has 0 aliphatic heterocycles. The van der Waals surface area contributed by atoms with Crippen LogP contribution in [0.15, 0.2) is 71.6 Å². The van der Waals surface area contributed by atoms with Gasteiger partial charge in [0.2, 0.25) is 5.91 Å². The number of nitrogens with one attached hydrogen (secondary N) is 2. The van der Waals surface area contributed by atoms with Gasteiger partial charge in [-0.25, -0.2) is 13.2 Å². The number of hydrogen-bond donors (Lipinski definition) is 2. The van der Waals surface area contributed by atoms with Crippen molar-refractivity contribution >= 4 is 50.6 Å². The Bertz CT molecular complexity index is 1540. The first-order chi connectivity index (χ1) is 19.4. The van der Waals surface area contributed by atoms with Crippen molar-refractivity contribution in [2.24, 2.45) is 0 Å². The van der Waals surface area contributed by atoms with E-state index >= 15 is 0 Å². The lowest BCUT2D eigenvalue weighted by atomic mass is 10.2. The molecule has 14 nitrogen and oxygen atoms in total. The van der Waals surface area contributed by atoms with Gasteiger partial charge in [0, 0.05) is 25.7 Å². The molecule has 0 aliphatic rings. The van der Waals surface area contributed by atoms with Gasteiger partial charge in [-0.05, 0) is 54.6 Å². The number of nitrogens with zero attached hydrogens (tertiary/aromatic N) is 2. The second-order valence-corrected chi connectivity index (χ2v) is 10.3. The van der Waals surface area contributed by atoms with Gasteiger partial charge < -0.3 is 24.8 Å². The fraction of sp³-hybridized carbons (Fsp3) is 0.192. The summed E-state index contributed by atoms with van der Waals surface area (Å²) in [6, 6.07) is 15.2. The van der Waals surface area contributed by atoms with Gasteiger partial charge in [-0.2, -0.15) is 0 Å². The lowest BCUT2D eigenvalue weighted by Gasteiger charge is -2.20. The van der Waals surface area contributed by atoms with E-state index in [0.29, 0.717) is 11.4 Å². The number of anilines is 3. The monoisotopic (exact) mass is 586 g/mol. The van der Waals surface area contributed by atoms with Crippen LogP contribution < -0.4 is 24.4 Å². The third-order valence-corrected chi connectivity index (χ3v) is 7.22. The smallest absolute Gasteiger partial charge is 0.344 e. The number of nitro groups is 1. The average molecular weight is 587 g/mol. The summed E-state index contributed by atoms with van der Waals surface area (Å²) in [5, 5.41) is 15.9. The van der Waals surface area contributed by atoms with Crippen LogP contribution in [0.2, 0.25) is 0 Å². The molecule has 0 unspecified atom stereocenters. The van der Waals surface area contributed by atoms with Crippen molar-refractivity contribution in [1.29, 1.82) is 0 Å². The molecule has 0 aliphatic carbocycles. The Morgan fingerprint density at radius 1 is 0.951 bits per heavy atom. The molecule has 0 saturated heterocycles. The molecular weight excluding hydrogens is 560 g/mol. The summed E-state index contributed by atoms with van der Waals surface area (Å²) in [6.07, 6.45) is 0. The maximum atomic E-state index is 13.0. The van der Waals surface area contributed by atoms with E-state index in [1.54, 1.807) is 0 Å². The van der Waals surface area contributed by atoms with Gasteiger partial charge in [-0.3, -0.25) is 24.0 Å². The summed E-state index contributed by atoms with van der Waals surface area (Å²) < 4.78 is 42.3. The number of non-ortho nitro benzene ring substituents is 1. The number of carbonyl (C=O) groups excluding carboxylic acids is 3. The molecule has 0 aromatic heterocycles. The van der Waals surface area contributed by atoms with Gasteiger partial charge in [-0.15, -0.1) is 0 Å². The standard InChI is InChI=1S/C26H26N4O10S/c1-17(31)27-18-4-11-22(12-5-18)41(36,37)29(2)19-6-9-21(10-7-19)39-16-26(33)40-15-25(32)28-23-13-8-20(30(34)35)14-24(23)38-3/h4-14H,15-16H2,1-3H3,(H,27,31)(H,28,32). The van der Waals surface area contributed by atoms with Crippen molar-refractivity contribution in [3.05, 3.63) is 76.8 Å². The zero-order valence-corrected chi connectivity index (χ0v) is 23.0. The molecule has 3 aromatic rings. The third-order valence-electron chi connectivity index (χ3n) is 5.42. The van der Waals surface area contributed by atoms with Crippen LogP contribution >= 0.6 is 0 Å². The Morgan fingerprint density at radius 3 is 2.20 bits per heavy atom. The normalized spacial score (nSPS) is 10.7. The van der Waals surface area contributed by atoms with Gasteiger partial charge in [0.1, 0.15) is 11.5 Å².